The quantitative estimate of drug-likeness (QED) is 0.0279. The fourth-order valence-corrected chi connectivity index (χ4v) is 16.2. The Bertz CT molecular complexity index is 3560. The van der Waals surface area contributed by atoms with Crippen LogP contribution in [0.4, 0.5) is 0 Å². The van der Waals surface area contributed by atoms with Gasteiger partial charge in [-0.15, -0.1) is 0 Å². The van der Waals surface area contributed by atoms with Crippen LogP contribution in [-0.2, 0) is 69.9 Å². The van der Waals surface area contributed by atoms with E-state index in [1.54, 1.807) is 6.08 Å². The van der Waals surface area contributed by atoms with E-state index >= 15 is 0 Å². The molecule has 0 aliphatic carbocycles. The Hall–Kier alpha value is -4.09. The second-order valence-electron chi connectivity index (χ2n) is 32.3. The first-order valence-electron chi connectivity index (χ1n) is 41.6. The molecule has 120 heavy (non-hydrogen) atoms. The molecule has 0 aromatic carbocycles. The number of rotatable bonds is 50. The fourth-order valence-electron chi connectivity index (χ4n) is 14.1. The molecular formula is C85H137O33P2-3. The molecule has 5 aliphatic heterocycles. The Kier molecular flexibility index (Phi) is 47.5. The zero-order valence-electron chi connectivity index (χ0n) is 71.4. The van der Waals surface area contributed by atoms with Crippen molar-refractivity contribution in [2.75, 3.05) is 33.0 Å². The number of carboxylic acids is 1. The maximum absolute atomic E-state index is 13.1. The molecule has 2 unspecified atom stereocenters. The van der Waals surface area contributed by atoms with Crippen LogP contribution >= 0.6 is 15.6 Å². The van der Waals surface area contributed by atoms with Gasteiger partial charge in [0, 0.05) is 0 Å². The van der Waals surface area contributed by atoms with Gasteiger partial charge in [-0.05, 0) is 212 Å². The van der Waals surface area contributed by atoms with Crippen LogP contribution in [0, 0.1) is 0 Å². The van der Waals surface area contributed by atoms with Crippen molar-refractivity contribution in [3.05, 3.63) is 128 Å². The molecule has 15 N–H and O–H groups in total. The molecule has 0 amide bonds. The highest BCUT2D eigenvalue weighted by molar-refractivity contribution is 7.59. The summed E-state index contributed by atoms with van der Waals surface area (Å²) in [6.45, 7) is 20.6. The number of allylic oxidation sites excluding steroid dienone is 21. The van der Waals surface area contributed by atoms with Gasteiger partial charge in [-0.25, -0.2) is 4.31 Å². The summed E-state index contributed by atoms with van der Waals surface area (Å²) in [5.41, 5.74) is 14.4. The number of aliphatic carboxylic acids is 1. The Morgan fingerprint density at radius 1 is 0.317 bits per heavy atom. The van der Waals surface area contributed by atoms with Crippen molar-refractivity contribution in [3.8, 4) is 0 Å². The zero-order valence-corrected chi connectivity index (χ0v) is 73.2. The highest BCUT2D eigenvalue weighted by Crippen LogP contribution is 2.57. The van der Waals surface area contributed by atoms with Crippen LogP contribution in [-0.4, -0.2) is 269 Å². The minimum atomic E-state index is -6.13. The Balaban J connectivity index is 1.01. The highest BCUT2D eigenvalue weighted by atomic mass is 31.3. The lowest BCUT2D eigenvalue weighted by Crippen LogP contribution is -2.69. The van der Waals surface area contributed by atoms with Crippen LogP contribution in [0.3, 0.4) is 0 Å². The van der Waals surface area contributed by atoms with Gasteiger partial charge in [-0.3, -0.25) is 13.7 Å². The molecule has 0 spiro atoms. The first-order chi connectivity index (χ1) is 56.7. The first kappa shape index (κ1) is 106. The van der Waals surface area contributed by atoms with Crippen LogP contribution in [0.15, 0.2) is 128 Å². The minimum absolute atomic E-state index is 0.388. The molecule has 5 saturated heterocycles. The van der Waals surface area contributed by atoms with Crippen molar-refractivity contribution in [1.82, 2.24) is 0 Å². The molecular weight excluding hydrogens is 1610 g/mol. The minimum Gasteiger partial charge on any atom is -0.756 e. The molecule has 5 rings (SSSR count). The number of carboxylic acid groups (broad SMARTS) is 1. The molecule has 0 aromatic rings. The molecule has 0 saturated carbocycles. The molecule has 5 heterocycles. The van der Waals surface area contributed by atoms with Crippen molar-refractivity contribution < 1.29 is 161 Å². The summed E-state index contributed by atoms with van der Waals surface area (Å²) in [6, 6.07) is 0. The maximum atomic E-state index is 13.1. The molecule has 27 atom stereocenters. The van der Waals surface area contributed by atoms with E-state index in [1.165, 1.54) is 57.1 Å². The van der Waals surface area contributed by atoms with Gasteiger partial charge in [0.05, 0.1) is 39.0 Å². The lowest BCUT2D eigenvalue weighted by atomic mass is 9.95. The predicted octanol–water partition coefficient (Wildman–Crippen LogP) is 5.06. The molecule has 33 nitrogen and oxygen atoms in total. The van der Waals surface area contributed by atoms with Gasteiger partial charge in [-0.2, -0.15) is 0 Å². The summed E-state index contributed by atoms with van der Waals surface area (Å²) in [7, 11) is -11.9. The summed E-state index contributed by atoms with van der Waals surface area (Å²) < 4.78 is 89.3. The number of hydrogen-bond donors (Lipinski definition) is 15. The van der Waals surface area contributed by atoms with Crippen LogP contribution in [0.5, 0.6) is 0 Å². The second kappa shape index (κ2) is 53.5. The largest absolute Gasteiger partial charge is 0.756 e. The molecule has 688 valence electrons. The van der Waals surface area contributed by atoms with Gasteiger partial charge in [0.25, 0.3) is 15.6 Å². The van der Waals surface area contributed by atoms with Crippen LogP contribution in [0.25, 0.3) is 0 Å². The van der Waals surface area contributed by atoms with Gasteiger partial charge in [0.2, 0.25) is 0 Å². The normalized spacial score (nSPS) is 34.0. The molecule has 0 aromatic heterocycles. The lowest BCUT2D eigenvalue weighted by Gasteiger charge is -2.50. The Morgan fingerprint density at radius 3 is 0.983 bits per heavy atom. The van der Waals surface area contributed by atoms with Crippen molar-refractivity contribution in [3.63, 3.8) is 0 Å². The predicted molar refractivity (Wildman–Crippen MR) is 435 cm³/mol. The van der Waals surface area contributed by atoms with E-state index in [0.717, 1.165) is 121 Å². The van der Waals surface area contributed by atoms with Gasteiger partial charge in [0.15, 0.2) is 31.5 Å². The Morgan fingerprint density at radius 2 is 0.600 bits per heavy atom. The molecule has 0 radical (unpaired) electrons. The average Bonchev–Trinajstić information content (AvgIpc) is 0.767. The van der Waals surface area contributed by atoms with Gasteiger partial charge >= 0.3 is 0 Å². The third-order valence-electron chi connectivity index (χ3n) is 21.9. The van der Waals surface area contributed by atoms with Crippen LogP contribution in [0.1, 0.15) is 212 Å². The van der Waals surface area contributed by atoms with Gasteiger partial charge in [-0.1, -0.05) is 128 Å². The topological polar surface area (TPSA) is 535 Å². The lowest BCUT2D eigenvalue weighted by molar-refractivity contribution is -0.405. The van der Waals surface area contributed by atoms with E-state index in [1.807, 2.05) is 6.92 Å². The number of aliphatic hydroxyl groups excluding tert-OH is 15. The van der Waals surface area contributed by atoms with Crippen molar-refractivity contribution in [1.29, 1.82) is 0 Å². The summed E-state index contributed by atoms with van der Waals surface area (Å²) >= 11 is 0. The molecule has 0 bridgehead atoms. The van der Waals surface area contributed by atoms with E-state index in [9.17, 15) is 105 Å². The Labute approximate surface area is 706 Å². The maximum Gasteiger partial charge on any atom is 0.276 e. The van der Waals surface area contributed by atoms with E-state index < -0.39 is 208 Å². The van der Waals surface area contributed by atoms with Crippen molar-refractivity contribution in [2.45, 2.75) is 365 Å². The summed E-state index contributed by atoms with van der Waals surface area (Å²) in [5.74, 6) is -2.19. The standard InChI is InChI=1S/C85H140O33P2/c1-13-49(2)24-14-25-50(3)26-15-27-51(4)28-16-29-52(5)30-17-31-53(6)32-18-33-54(7)34-19-35-55(8)36-20-37-56(9)38-21-39-57(10)40-22-41-58(11)42-23-43-59(12)48-107-119(103,104)118-120(105,106)117-84-73(99)69(95)75(63(47-89)111-84)112-83-74(100)76(66(92)62(46-88)109-83)113-85-78(68(94)65(91)61(45-87)110-85)115-82-72(98)70(96)77(79(116-82)80(101)102)114-81-71(97)67(93)64(90)60(44-86)108-81/h13,25,27,29,31,33,35,37,39,41,43,60-79,81-100H,14-24,26,28,30,32,34,36,38,40,42,44-48H2,1-12H3,(H,101,102)(H,103,104)(H,105,106)/p-3/b49-13-,50-25-,51-27-,52-29-,53-31-,54-33-,55-35-,56-37-,57-39+,58-41+,59-43+/t60-,61-,62-,63-,64-,65-,66-,67+,68+,69-,70-,71-,72-,73-,74-,75-,76+,77+,78+,79+,81-,82-,83+,84-,85-/m1/s1. The number of ether oxygens (including phenoxy) is 9. The third-order valence-corrected chi connectivity index (χ3v) is 24.5. The first-order valence-corrected chi connectivity index (χ1v) is 44.5. The fraction of sp³-hybridized carbons (Fsp3) is 0.729. The molecule has 5 aliphatic rings. The summed E-state index contributed by atoms with van der Waals surface area (Å²) in [5, 5.41) is 174. The highest BCUT2D eigenvalue weighted by Gasteiger charge is 2.58. The smallest absolute Gasteiger partial charge is 0.276 e. The monoisotopic (exact) mass is 1750 g/mol. The van der Waals surface area contributed by atoms with Crippen molar-refractivity contribution in [2.24, 2.45) is 0 Å². The van der Waals surface area contributed by atoms with E-state index in [2.05, 4.69) is 134 Å². The number of phosphoric ester groups is 2. The number of phosphoric acid groups is 2. The third kappa shape index (κ3) is 35.3. The van der Waals surface area contributed by atoms with Crippen molar-refractivity contribution >= 4 is 21.6 Å². The van der Waals surface area contributed by atoms with Gasteiger partial charge < -0.3 is 143 Å². The average molecular weight is 1750 g/mol. The second-order valence-corrected chi connectivity index (χ2v) is 35.2. The van der Waals surface area contributed by atoms with Crippen LogP contribution in [0.2, 0.25) is 0 Å². The molecule has 5 fully saturated rings. The van der Waals surface area contributed by atoms with Gasteiger partial charge in [0.1, 0.15) is 122 Å². The summed E-state index contributed by atoms with van der Waals surface area (Å²) in [6.07, 6.45) is -9.99. The van der Waals surface area contributed by atoms with E-state index in [4.69, 9.17) is 51.7 Å². The number of hydrogen-bond acceptors (Lipinski definition) is 33. The SMILES string of the molecule is C/C=C(/C)CC/C=C(/C)CC/C=C(/C)CC/C=C(/C)CC/C=C(/C)CC/C=C(/C)CC/C=C(/C)CC/C=C(/C)CC/C=C(\C)CC/C=C(\C)CC/C=C(\C)COP(=O)([O-])OP(=O)([O-])O[C@H]1O[C@H](CO)[C@@H](O[C@@H]2O[C@H](CO)[C@@H](O)[C@H](O[C@H]3O[C@H](CO)[C@@H](O)[C@H](O)[C@@H]3O[C@@H]3O[C@H](C(=O)[O-])[C@@H](O[C@H]4O[C@H](CO)[C@@H](O)[C@H](O)[C@H]4O)[C@H](O)[C@H]3O)[C@H]2O)[C@H](O)[C@H]1O. The van der Waals surface area contributed by atoms with E-state index in [0.29, 0.717) is 18.4 Å². The number of aliphatic hydroxyl groups is 15. The molecule has 35 heteroatoms. The zero-order chi connectivity index (χ0) is 89.3. The summed E-state index contributed by atoms with van der Waals surface area (Å²) in [4.78, 5) is 38.4. The number of carbonyl (C=O) groups is 1. The van der Waals surface area contributed by atoms with E-state index in [-0.39, 0.29) is 0 Å². The van der Waals surface area contributed by atoms with Crippen LogP contribution < -0.4 is 14.9 Å². The number of carbonyl (C=O) groups excluding carboxylic acids is 1.